The van der Waals surface area contributed by atoms with Gasteiger partial charge in [-0.05, 0) is 57.5 Å². The lowest BCUT2D eigenvalue weighted by atomic mass is 10.1. The van der Waals surface area contributed by atoms with Crippen molar-refractivity contribution < 1.29 is 13.9 Å². The highest BCUT2D eigenvalue weighted by Crippen LogP contribution is 2.30. The van der Waals surface area contributed by atoms with Crippen LogP contribution in [-0.4, -0.2) is 52.0 Å². The molecular weight excluding hydrogens is 447 g/mol. The Morgan fingerprint density at radius 2 is 2.00 bits per heavy atom. The third-order valence-electron chi connectivity index (χ3n) is 5.69. The van der Waals surface area contributed by atoms with Crippen LogP contribution in [0.1, 0.15) is 38.4 Å². The lowest BCUT2D eigenvalue weighted by Gasteiger charge is -2.26. The van der Waals surface area contributed by atoms with Crippen LogP contribution in [0.15, 0.2) is 35.3 Å². The van der Waals surface area contributed by atoms with Gasteiger partial charge in [-0.2, -0.15) is 0 Å². The monoisotopic (exact) mass is 474 g/mol. The van der Waals surface area contributed by atoms with Gasteiger partial charge < -0.3 is 14.4 Å². The second-order valence-corrected chi connectivity index (χ2v) is 8.61. The molecule has 1 aromatic carbocycles. The molecule has 0 bridgehead atoms. The average molecular weight is 475 g/mol. The molecule has 7 nitrogen and oxygen atoms in total. The van der Waals surface area contributed by atoms with E-state index < -0.39 is 6.36 Å². The molecule has 33 heavy (non-hydrogen) atoms. The van der Waals surface area contributed by atoms with E-state index in [0.717, 1.165) is 26.1 Å². The summed E-state index contributed by atoms with van der Waals surface area (Å²) >= 11 is 5.98. The smallest absolute Gasteiger partial charge is 0.266 e. The summed E-state index contributed by atoms with van der Waals surface area (Å²) in [6, 6.07) is 6.52. The van der Waals surface area contributed by atoms with E-state index in [-0.39, 0.29) is 16.5 Å². The molecule has 3 heterocycles. The zero-order valence-corrected chi connectivity index (χ0v) is 19.6. The quantitative estimate of drug-likeness (QED) is 0.348. The number of piperidine rings is 1. The van der Waals surface area contributed by atoms with Crippen LogP contribution < -0.4 is 15.0 Å². The van der Waals surface area contributed by atoms with Crippen molar-refractivity contribution in [3.63, 3.8) is 0 Å². The summed E-state index contributed by atoms with van der Waals surface area (Å²) in [6.07, 6.45) is 4.62. The van der Waals surface area contributed by atoms with Gasteiger partial charge in [0, 0.05) is 19.5 Å². The molecule has 0 spiro atoms. The van der Waals surface area contributed by atoms with Gasteiger partial charge in [0.25, 0.3) is 5.56 Å². The van der Waals surface area contributed by atoms with Crippen molar-refractivity contribution in [2.24, 2.45) is 0 Å². The number of halogens is 2. The number of nitrogens with zero attached hydrogens (tertiary/aromatic N) is 4. The van der Waals surface area contributed by atoms with E-state index in [1.54, 1.807) is 25.1 Å². The maximum Gasteiger partial charge on any atom is 0.266 e. The van der Waals surface area contributed by atoms with Crippen LogP contribution in [0.4, 0.5) is 4.39 Å². The summed E-state index contributed by atoms with van der Waals surface area (Å²) in [5, 5.41) is 0.511. The second-order valence-electron chi connectivity index (χ2n) is 8.22. The van der Waals surface area contributed by atoms with Crippen LogP contribution in [0.2, 0.25) is 5.15 Å². The van der Waals surface area contributed by atoms with Crippen LogP contribution in [-0.2, 0) is 0 Å². The molecule has 9 heteroatoms. The normalized spacial score (nSPS) is 15.5. The van der Waals surface area contributed by atoms with Gasteiger partial charge in [-0.25, -0.2) is 14.4 Å². The molecule has 176 valence electrons. The first kappa shape index (κ1) is 23.4. The van der Waals surface area contributed by atoms with Crippen molar-refractivity contribution >= 4 is 22.5 Å². The van der Waals surface area contributed by atoms with Gasteiger partial charge in [0.15, 0.2) is 5.75 Å². The molecule has 1 aliphatic heterocycles. The second kappa shape index (κ2) is 10.5. The predicted molar refractivity (Wildman–Crippen MR) is 126 cm³/mol. The van der Waals surface area contributed by atoms with Gasteiger partial charge in [0.2, 0.25) is 6.36 Å². The predicted octanol–water partition coefficient (Wildman–Crippen LogP) is 4.69. The van der Waals surface area contributed by atoms with Crippen LogP contribution in [0.25, 0.3) is 16.6 Å². The van der Waals surface area contributed by atoms with Crippen molar-refractivity contribution in [2.45, 2.75) is 45.9 Å². The summed E-state index contributed by atoms with van der Waals surface area (Å²) < 4.78 is 26.5. The molecule has 1 unspecified atom stereocenters. The molecule has 1 aliphatic rings. The molecule has 2 aromatic heterocycles. The SMILES string of the molecule is Cc1nc2cnc(Cl)cc2c(=O)n1-c1ccc(OCCCN2CCCCC2)cc1OC(C)F. The standard InChI is InChI=1S/C24H28ClFN4O3/c1-16(26)33-22-13-18(32-12-6-11-29-9-4-3-5-10-29)7-8-21(22)30-17(2)28-20-15-27-23(25)14-19(20)24(30)31/h7-8,13-16H,3-6,9-12H2,1-2H3. The average Bonchev–Trinajstić information content (AvgIpc) is 2.79. The fourth-order valence-electron chi connectivity index (χ4n) is 4.16. The van der Waals surface area contributed by atoms with Crippen molar-refractivity contribution in [2.75, 3.05) is 26.2 Å². The number of benzene rings is 1. The Bertz CT molecular complexity index is 1180. The fraction of sp³-hybridized carbons (Fsp3) is 0.458. The third kappa shape index (κ3) is 5.62. The molecule has 0 radical (unpaired) electrons. The minimum atomic E-state index is -1.57. The number of alkyl halides is 1. The Morgan fingerprint density at radius 3 is 2.76 bits per heavy atom. The summed E-state index contributed by atoms with van der Waals surface area (Å²) in [5.41, 5.74) is 0.478. The van der Waals surface area contributed by atoms with E-state index in [0.29, 0.717) is 34.8 Å². The van der Waals surface area contributed by atoms with E-state index in [2.05, 4.69) is 14.9 Å². The number of ether oxygens (including phenoxy) is 2. The molecule has 0 saturated carbocycles. The Hall–Kier alpha value is -2.71. The summed E-state index contributed by atoms with van der Waals surface area (Å²) in [4.78, 5) is 24.1. The lowest BCUT2D eigenvalue weighted by molar-refractivity contribution is 0.0855. The number of fused-ring (bicyclic) bond motifs is 1. The molecular formula is C24H28ClFN4O3. The minimum Gasteiger partial charge on any atom is -0.493 e. The van der Waals surface area contributed by atoms with Crippen molar-refractivity contribution in [1.82, 2.24) is 19.4 Å². The van der Waals surface area contributed by atoms with E-state index >= 15 is 0 Å². The number of rotatable bonds is 8. The number of aryl methyl sites for hydroxylation is 1. The van der Waals surface area contributed by atoms with E-state index in [1.165, 1.54) is 43.0 Å². The first-order valence-corrected chi connectivity index (χ1v) is 11.7. The number of hydrogen-bond donors (Lipinski definition) is 0. The maximum absolute atomic E-state index is 13.8. The van der Waals surface area contributed by atoms with E-state index in [1.807, 2.05) is 0 Å². The van der Waals surface area contributed by atoms with Gasteiger partial charge in [0.1, 0.15) is 16.7 Å². The highest BCUT2D eigenvalue weighted by Gasteiger charge is 2.17. The number of likely N-dealkylation sites (tertiary alicyclic amines) is 1. The largest absolute Gasteiger partial charge is 0.493 e. The Kier molecular flexibility index (Phi) is 7.45. The Balaban J connectivity index is 1.59. The number of aromatic nitrogens is 3. The fourth-order valence-corrected chi connectivity index (χ4v) is 4.32. The molecule has 1 fully saturated rings. The summed E-state index contributed by atoms with van der Waals surface area (Å²) in [6.45, 7) is 6.82. The lowest BCUT2D eigenvalue weighted by Crippen LogP contribution is -2.31. The number of hydrogen-bond acceptors (Lipinski definition) is 6. The van der Waals surface area contributed by atoms with Crippen molar-refractivity contribution in [1.29, 1.82) is 0 Å². The number of pyridine rings is 1. The Morgan fingerprint density at radius 1 is 1.21 bits per heavy atom. The molecule has 3 aromatic rings. The van der Waals surface area contributed by atoms with Gasteiger partial charge in [-0.15, -0.1) is 0 Å². The molecule has 1 saturated heterocycles. The summed E-state index contributed by atoms with van der Waals surface area (Å²) in [5.74, 6) is 1.17. The van der Waals surface area contributed by atoms with Gasteiger partial charge in [-0.1, -0.05) is 18.0 Å². The first-order valence-electron chi connectivity index (χ1n) is 11.3. The van der Waals surface area contributed by atoms with Crippen LogP contribution in [0.3, 0.4) is 0 Å². The van der Waals surface area contributed by atoms with Crippen LogP contribution >= 0.6 is 11.6 Å². The van der Waals surface area contributed by atoms with Gasteiger partial charge in [-0.3, -0.25) is 9.36 Å². The first-order chi connectivity index (χ1) is 15.9. The molecule has 1 atom stereocenters. The highest BCUT2D eigenvalue weighted by atomic mass is 35.5. The molecule has 0 aliphatic carbocycles. The maximum atomic E-state index is 13.8. The zero-order chi connectivity index (χ0) is 23.4. The van der Waals surface area contributed by atoms with Crippen molar-refractivity contribution in [3.05, 3.63) is 51.8 Å². The molecule has 4 rings (SSSR count). The van der Waals surface area contributed by atoms with Crippen LogP contribution in [0.5, 0.6) is 11.5 Å². The molecule has 0 amide bonds. The third-order valence-corrected chi connectivity index (χ3v) is 5.89. The highest BCUT2D eigenvalue weighted by molar-refractivity contribution is 6.30. The van der Waals surface area contributed by atoms with E-state index in [4.69, 9.17) is 21.1 Å². The molecule has 0 N–H and O–H groups in total. The minimum absolute atomic E-state index is 0.193. The zero-order valence-electron chi connectivity index (χ0n) is 18.9. The van der Waals surface area contributed by atoms with E-state index in [9.17, 15) is 9.18 Å². The Labute approximate surface area is 197 Å². The van der Waals surface area contributed by atoms with Crippen LogP contribution in [0, 0.1) is 6.92 Å². The van der Waals surface area contributed by atoms with Gasteiger partial charge in [0.05, 0.1) is 29.4 Å². The van der Waals surface area contributed by atoms with Gasteiger partial charge >= 0.3 is 0 Å². The summed E-state index contributed by atoms with van der Waals surface area (Å²) in [7, 11) is 0. The topological polar surface area (TPSA) is 69.5 Å². The van der Waals surface area contributed by atoms with Crippen molar-refractivity contribution in [3.8, 4) is 17.2 Å².